The summed E-state index contributed by atoms with van der Waals surface area (Å²) in [5.41, 5.74) is 7.34. The van der Waals surface area contributed by atoms with E-state index in [1.165, 1.54) is 17.7 Å². The Morgan fingerprint density at radius 3 is 2.97 bits per heavy atom. The largest absolute Gasteiger partial charge is 0.497 e. The lowest BCUT2D eigenvalue weighted by Gasteiger charge is -2.21. The van der Waals surface area contributed by atoms with E-state index >= 15 is 0 Å². The Bertz CT molecular complexity index is 1110. The molecule has 8 nitrogen and oxygen atoms in total. The van der Waals surface area contributed by atoms with E-state index in [2.05, 4.69) is 15.3 Å². The quantitative estimate of drug-likeness (QED) is 0.628. The summed E-state index contributed by atoms with van der Waals surface area (Å²) in [5, 5.41) is 4.17. The standard InChI is InChI=1S/C21H23N5O3S/c1-12-16-19(23-10-13-5-3-6-14(9-13)29-2)24-11-25-20(16)30-17(12)21(28)26-8-4-7-15(26)18(22)27/h3,5-6,9,11,15H,4,7-8,10H2,1-2H3,(H2,22,27)(H,23,24,25)/t15-/m0/s1. The molecular weight excluding hydrogens is 402 g/mol. The summed E-state index contributed by atoms with van der Waals surface area (Å²) < 4.78 is 5.27. The number of rotatable bonds is 6. The molecule has 3 heterocycles. The van der Waals surface area contributed by atoms with Gasteiger partial charge in [0.1, 0.15) is 28.8 Å². The number of nitrogens with zero attached hydrogens (tertiary/aromatic N) is 3. The first-order valence-electron chi connectivity index (χ1n) is 9.70. The maximum atomic E-state index is 13.2. The topological polar surface area (TPSA) is 110 Å². The Kier molecular flexibility index (Phi) is 5.54. The number of benzene rings is 1. The van der Waals surface area contributed by atoms with Crippen molar-refractivity contribution < 1.29 is 14.3 Å². The molecule has 1 fully saturated rings. The molecule has 1 aliphatic heterocycles. The number of nitrogens with one attached hydrogen (secondary N) is 1. The first-order chi connectivity index (χ1) is 14.5. The Morgan fingerprint density at radius 1 is 1.37 bits per heavy atom. The van der Waals surface area contributed by atoms with Crippen molar-refractivity contribution in [2.45, 2.75) is 32.4 Å². The minimum atomic E-state index is -0.543. The summed E-state index contributed by atoms with van der Waals surface area (Å²) >= 11 is 1.32. The molecule has 30 heavy (non-hydrogen) atoms. The van der Waals surface area contributed by atoms with Crippen molar-refractivity contribution in [3.8, 4) is 5.75 Å². The van der Waals surface area contributed by atoms with Gasteiger partial charge in [-0.2, -0.15) is 0 Å². The van der Waals surface area contributed by atoms with Crippen LogP contribution in [-0.2, 0) is 11.3 Å². The third-order valence-electron chi connectivity index (χ3n) is 5.36. The van der Waals surface area contributed by atoms with Gasteiger partial charge in [-0.05, 0) is 43.0 Å². The third-order valence-corrected chi connectivity index (χ3v) is 6.55. The lowest BCUT2D eigenvalue weighted by atomic mass is 10.1. The van der Waals surface area contributed by atoms with Gasteiger partial charge in [-0.15, -0.1) is 11.3 Å². The van der Waals surface area contributed by atoms with Crippen LogP contribution >= 0.6 is 11.3 Å². The molecule has 0 saturated carbocycles. The molecule has 156 valence electrons. The Labute approximate surface area is 178 Å². The number of carbonyl (C=O) groups is 2. The van der Waals surface area contributed by atoms with Crippen molar-refractivity contribution in [3.63, 3.8) is 0 Å². The molecule has 2 aromatic heterocycles. The molecule has 0 spiro atoms. The number of thiophene rings is 1. The van der Waals surface area contributed by atoms with Crippen LogP contribution in [0.3, 0.4) is 0 Å². The molecule has 0 aliphatic carbocycles. The fourth-order valence-corrected chi connectivity index (χ4v) is 4.92. The monoisotopic (exact) mass is 425 g/mol. The van der Waals surface area contributed by atoms with Gasteiger partial charge in [-0.25, -0.2) is 9.97 Å². The van der Waals surface area contributed by atoms with Crippen molar-refractivity contribution >= 4 is 39.2 Å². The summed E-state index contributed by atoms with van der Waals surface area (Å²) in [5.74, 6) is 0.829. The molecule has 4 rings (SSSR count). The highest BCUT2D eigenvalue weighted by Gasteiger charge is 2.35. The maximum absolute atomic E-state index is 13.2. The number of likely N-dealkylation sites (tertiary alicyclic amines) is 1. The van der Waals surface area contributed by atoms with Crippen LogP contribution in [0.4, 0.5) is 5.82 Å². The van der Waals surface area contributed by atoms with Crippen LogP contribution < -0.4 is 15.8 Å². The highest BCUT2D eigenvalue weighted by Crippen LogP contribution is 2.35. The van der Waals surface area contributed by atoms with Gasteiger partial charge in [0, 0.05) is 13.1 Å². The fourth-order valence-electron chi connectivity index (χ4n) is 3.81. The zero-order valence-corrected chi connectivity index (χ0v) is 17.7. The van der Waals surface area contributed by atoms with E-state index in [0.717, 1.165) is 33.5 Å². The van der Waals surface area contributed by atoms with Gasteiger partial charge in [0.2, 0.25) is 5.91 Å². The normalized spacial score (nSPS) is 16.1. The molecule has 2 amide bonds. The number of ether oxygens (including phenoxy) is 1. The van der Waals surface area contributed by atoms with Crippen molar-refractivity contribution in [2.24, 2.45) is 5.73 Å². The van der Waals surface area contributed by atoms with Crippen LogP contribution in [0.15, 0.2) is 30.6 Å². The lowest BCUT2D eigenvalue weighted by Crippen LogP contribution is -2.43. The molecule has 1 aliphatic rings. The van der Waals surface area contributed by atoms with E-state index in [-0.39, 0.29) is 5.91 Å². The minimum absolute atomic E-state index is 0.171. The Morgan fingerprint density at radius 2 is 2.20 bits per heavy atom. The molecule has 3 aromatic rings. The van der Waals surface area contributed by atoms with E-state index in [0.29, 0.717) is 30.2 Å². The predicted octanol–water partition coefficient (Wildman–Crippen LogP) is 2.71. The third kappa shape index (κ3) is 3.68. The molecule has 0 unspecified atom stereocenters. The van der Waals surface area contributed by atoms with Gasteiger partial charge >= 0.3 is 0 Å². The van der Waals surface area contributed by atoms with Crippen LogP contribution in [0, 0.1) is 6.92 Å². The van der Waals surface area contributed by atoms with E-state index in [1.807, 2.05) is 31.2 Å². The SMILES string of the molecule is COc1cccc(CNc2ncnc3sc(C(=O)N4CCC[C@H]4C(N)=O)c(C)c23)c1. The zero-order valence-electron chi connectivity index (χ0n) is 16.8. The number of fused-ring (bicyclic) bond motifs is 1. The van der Waals surface area contributed by atoms with E-state index in [9.17, 15) is 9.59 Å². The van der Waals surface area contributed by atoms with E-state index < -0.39 is 11.9 Å². The molecular formula is C21H23N5O3S. The number of aromatic nitrogens is 2. The van der Waals surface area contributed by atoms with Crippen LogP contribution in [-0.4, -0.2) is 46.4 Å². The molecule has 1 atom stereocenters. The Hall–Kier alpha value is -3.20. The van der Waals surface area contributed by atoms with Gasteiger partial charge in [0.05, 0.1) is 17.4 Å². The van der Waals surface area contributed by atoms with Crippen molar-refractivity contribution in [1.82, 2.24) is 14.9 Å². The number of carbonyl (C=O) groups excluding carboxylic acids is 2. The molecule has 1 aromatic carbocycles. The van der Waals surface area contributed by atoms with E-state index in [4.69, 9.17) is 10.5 Å². The summed E-state index contributed by atoms with van der Waals surface area (Å²) in [7, 11) is 1.64. The van der Waals surface area contributed by atoms with Crippen LogP contribution in [0.25, 0.3) is 10.2 Å². The van der Waals surface area contributed by atoms with Gasteiger partial charge in [-0.1, -0.05) is 12.1 Å². The van der Waals surface area contributed by atoms with Crippen molar-refractivity contribution in [2.75, 3.05) is 19.0 Å². The van der Waals surface area contributed by atoms with Crippen LogP contribution in [0.1, 0.15) is 33.6 Å². The first-order valence-corrected chi connectivity index (χ1v) is 10.5. The second-order valence-electron chi connectivity index (χ2n) is 7.22. The highest BCUT2D eigenvalue weighted by molar-refractivity contribution is 7.20. The average Bonchev–Trinajstić information content (AvgIpc) is 3.37. The Balaban J connectivity index is 1.63. The van der Waals surface area contributed by atoms with E-state index in [1.54, 1.807) is 12.0 Å². The number of nitrogens with two attached hydrogens (primary N) is 1. The summed E-state index contributed by atoms with van der Waals surface area (Å²) in [6, 6.07) is 7.24. The zero-order chi connectivity index (χ0) is 21.3. The molecule has 3 N–H and O–H groups in total. The number of hydrogen-bond acceptors (Lipinski definition) is 7. The highest BCUT2D eigenvalue weighted by atomic mass is 32.1. The van der Waals surface area contributed by atoms with Gasteiger partial charge < -0.3 is 20.7 Å². The van der Waals surface area contributed by atoms with Gasteiger partial charge in [0.15, 0.2) is 0 Å². The molecule has 0 bridgehead atoms. The average molecular weight is 426 g/mol. The van der Waals surface area contributed by atoms with Crippen molar-refractivity contribution in [1.29, 1.82) is 0 Å². The molecule has 9 heteroatoms. The van der Waals surface area contributed by atoms with Crippen LogP contribution in [0.2, 0.25) is 0 Å². The number of amides is 2. The van der Waals surface area contributed by atoms with Gasteiger partial charge in [0.25, 0.3) is 5.91 Å². The fraction of sp³-hybridized carbons (Fsp3) is 0.333. The summed E-state index contributed by atoms with van der Waals surface area (Å²) in [4.78, 5) is 36.5. The number of methoxy groups -OCH3 is 1. The van der Waals surface area contributed by atoms with Crippen molar-refractivity contribution in [3.05, 3.63) is 46.6 Å². The molecule has 1 saturated heterocycles. The number of anilines is 1. The smallest absolute Gasteiger partial charge is 0.264 e. The minimum Gasteiger partial charge on any atom is -0.497 e. The predicted molar refractivity (Wildman–Crippen MR) is 116 cm³/mol. The summed E-state index contributed by atoms with van der Waals surface area (Å²) in [6.07, 6.45) is 2.87. The lowest BCUT2D eigenvalue weighted by molar-refractivity contribution is -0.121. The van der Waals surface area contributed by atoms with Crippen LogP contribution in [0.5, 0.6) is 5.75 Å². The second-order valence-corrected chi connectivity index (χ2v) is 8.22. The first kappa shape index (κ1) is 20.1. The summed E-state index contributed by atoms with van der Waals surface area (Å²) in [6.45, 7) is 2.98. The maximum Gasteiger partial charge on any atom is 0.264 e. The number of primary amides is 1. The second kappa shape index (κ2) is 8.27. The number of hydrogen-bond donors (Lipinski definition) is 2. The van der Waals surface area contributed by atoms with Gasteiger partial charge in [-0.3, -0.25) is 9.59 Å². The number of aryl methyl sites for hydroxylation is 1. The molecule has 0 radical (unpaired) electrons.